The van der Waals surface area contributed by atoms with Crippen molar-refractivity contribution >= 4 is 35.0 Å². The molecule has 126 valence electrons. The molecule has 1 aromatic carbocycles. The minimum absolute atomic E-state index is 0.129. The van der Waals surface area contributed by atoms with Crippen LogP contribution >= 0.6 is 23.2 Å². The molecule has 6 heteroatoms. The maximum Gasteiger partial charge on any atom is 0.255 e. The zero-order valence-corrected chi connectivity index (χ0v) is 14.9. The summed E-state index contributed by atoms with van der Waals surface area (Å²) in [6, 6.07) is 5.06. The summed E-state index contributed by atoms with van der Waals surface area (Å²) < 4.78 is 0. The average molecular weight is 357 g/mol. The third kappa shape index (κ3) is 4.61. The summed E-state index contributed by atoms with van der Waals surface area (Å²) in [5.74, 6) is 0.0573. The Morgan fingerprint density at radius 3 is 2.35 bits per heavy atom. The molecule has 1 aromatic rings. The zero-order chi connectivity index (χ0) is 16.8. The van der Waals surface area contributed by atoms with E-state index in [-0.39, 0.29) is 16.8 Å². The first kappa shape index (κ1) is 18.1. The van der Waals surface area contributed by atoms with Gasteiger partial charge in [0, 0.05) is 32.6 Å². The van der Waals surface area contributed by atoms with Crippen molar-refractivity contribution in [1.29, 1.82) is 0 Å². The molecule has 1 fully saturated rings. The topological polar surface area (TPSA) is 40.6 Å². The van der Waals surface area contributed by atoms with Gasteiger partial charge in [-0.05, 0) is 18.6 Å². The van der Waals surface area contributed by atoms with Gasteiger partial charge >= 0.3 is 0 Å². The van der Waals surface area contributed by atoms with E-state index in [1.54, 1.807) is 23.1 Å². The molecule has 0 bridgehead atoms. The first-order chi connectivity index (χ1) is 11.0. The van der Waals surface area contributed by atoms with Crippen molar-refractivity contribution in [1.82, 2.24) is 9.80 Å². The lowest BCUT2D eigenvalue weighted by atomic mass is 10.1. The monoisotopic (exact) mass is 356 g/mol. The SMILES string of the molecule is CCCCCC(=O)N1CCN(C(=O)c2cccc(Cl)c2Cl)CC1. The second kappa shape index (κ2) is 8.55. The van der Waals surface area contributed by atoms with Gasteiger partial charge in [0.05, 0.1) is 15.6 Å². The molecular formula is C17H22Cl2N2O2. The van der Waals surface area contributed by atoms with Gasteiger partial charge in [-0.2, -0.15) is 0 Å². The Morgan fingerprint density at radius 2 is 1.70 bits per heavy atom. The Bertz CT molecular complexity index is 570. The Labute approximate surface area is 147 Å². The summed E-state index contributed by atoms with van der Waals surface area (Å²) in [6.45, 7) is 4.34. The Kier molecular flexibility index (Phi) is 6.72. The van der Waals surface area contributed by atoms with Crippen LogP contribution < -0.4 is 0 Å². The minimum atomic E-state index is -0.129. The highest BCUT2D eigenvalue weighted by Gasteiger charge is 2.26. The number of benzene rings is 1. The lowest BCUT2D eigenvalue weighted by Gasteiger charge is -2.35. The van der Waals surface area contributed by atoms with E-state index in [0.29, 0.717) is 43.2 Å². The molecule has 2 amide bonds. The lowest BCUT2D eigenvalue weighted by molar-refractivity contribution is -0.132. The van der Waals surface area contributed by atoms with Crippen molar-refractivity contribution in [3.8, 4) is 0 Å². The van der Waals surface area contributed by atoms with Gasteiger partial charge in [0.15, 0.2) is 0 Å². The molecule has 1 aliphatic heterocycles. The fourth-order valence-corrected chi connectivity index (χ4v) is 3.06. The van der Waals surface area contributed by atoms with Crippen LogP contribution in [0.2, 0.25) is 10.0 Å². The molecule has 0 saturated carbocycles. The van der Waals surface area contributed by atoms with Gasteiger partial charge in [0.1, 0.15) is 0 Å². The van der Waals surface area contributed by atoms with Crippen LogP contribution in [0.5, 0.6) is 0 Å². The van der Waals surface area contributed by atoms with Crippen LogP contribution in [0.4, 0.5) is 0 Å². The number of rotatable bonds is 5. The van der Waals surface area contributed by atoms with Crippen molar-refractivity contribution in [2.45, 2.75) is 32.6 Å². The third-order valence-corrected chi connectivity index (χ3v) is 4.91. The quantitative estimate of drug-likeness (QED) is 0.751. The Morgan fingerprint density at radius 1 is 1.04 bits per heavy atom. The highest BCUT2D eigenvalue weighted by Crippen LogP contribution is 2.26. The van der Waals surface area contributed by atoms with E-state index in [2.05, 4.69) is 6.92 Å². The second-order valence-electron chi connectivity index (χ2n) is 5.73. The summed E-state index contributed by atoms with van der Waals surface area (Å²) in [5, 5.41) is 0.666. The highest BCUT2D eigenvalue weighted by atomic mass is 35.5. The predicted molar refractivity (Wildman–Crippen MR) is 93.1 cm³/mol. The fourth-order valence-electron chi connectivity index (χ4n) is 2.68. The summed E-state index contributed by atoms with van der Waals surface area (Å²) >= 11 is 12.1. The number of piperazine rings is 1. The van der Waals surface area contributed by atoms with Crippen LogP contribution in [0.25, 0.3) is 0 Å². The molecule has 0 unspecified atom stereocenters. The van der Waals surface area contributed by atoms with E-state index in [1.165, 1.54) is 0 Å². The zero-order valence-electron chi connectivity index (χ0n) is 13.4. The summed E-state index contributed by atoms with van der Waals surface area (Å²) in [5.41, 5.74) is 0.418. The van der Waals surface area contributed by atoms with Crippen molar-refractivity contribution in [2.75, 3.05) is 26.2 Å². The van der Waals surface area contributed by atoms with Crippen LogP contribution in [0, 0.1) is 0 Å². The van der Waals surface area contributed by atoms with Gasteiger partial charge < -0.3 is 9.80 Å². The van der Waals surface area contributed by atoms with E-state index in [1.807, 2.05) is 4.90 Å². The van der Waals surface area contributed by atoms with Crippen LogP contribution in [0.1, 0.15) is 43.0 Å². The summed E-state index contributed by atoms with van der Waals surface area (Å²) in [4.78, 5) is 28.2. The van der Waals surface area contributed by atoms with Gasteiger partial charge in [-0.3, -0.25) is 9.59 Å². The molecular weight excluding hydrogens is 335 g/mol. The van der Waals surface area contributed by atoms with Crippen LogP contribution in [-0.4, -0.2) is 47.8 Å². The number of hydrogen-bond acceptors (Lipinski definition) is 2. The molecule has 1 aliphatic rings. The molecule has 0 aliphatic carbocycles. The van der Waals surface area contributed by atoms with Crippen molar-refractivity contribution in [3.05, 3.63) is 33.8 Å². The molecule has 4 nitrogen and oxygen atoms in total. The standard InChI is InChI=1S/C17H22Cl2N2O2/c1-2-3-4-8-15(22)20-9-11-21(12-10-20)17(23)13-6-5-7-14(18)16(13)19/h5-7H,2-4,8-12H2,1H3. The van der Waals surface area contributed by atoms with Gasteiger partial charge in [0.2, 0.25) is 5.91 Å². The van der Waals surface area contributed by atoms with Gasteiger partial charge in [0.25, 0.3) is 5.91 Å². The van der Waals surface area contributed by atoms with E-state index >= 15 is 0 Å². The first-order valence-corrected chi connectivity index (χ1v) is 8.81. The average Bonchev–Trinajstić information content (AvgIpc) is 2.57. The maximum atomic E-state index is 12.5. The van der Waals surface area contributed by atoms with Crippen LogP contribution in [0.3, 0.4) is 0 Å². The van der Waals surface area contributed by atoms with E-state index in [0.717, 1.165) is 19.3 Å². The summed E-state index contributed by atoms with van der Waals surface area (Å²) in [6.07, 6.45) is 3.72. The Hall–Kier alpha value is -1.26. The molecule has 2 rings (SSSR count). The molecule has 0 aromatic heterocycles. The molecule has 0 radical (unpaired) electrons. The number of hydrogen-bond donors (Lipinski definition) is 0. The van der Waals surface area contributed by atoms with Gasteiger partial charge in [-0.1, -0.05) is 49.0 Å². The molecule has 0 spiro atoms. The number of amides is 2. The van der Waals surface area contributed by atoms with Gasteiger partial charge in [-0.15, -0.1) is 0 Å². The highest BCUT2D eigenvalue weighted by molar-refractivity contribution is 6.43. The molecule has 0 N–H and O–H groups in total. The van der Waals surface area contributed by atoms with Crippen molar-refractivity contribution in [3.63, 3.8) is 0 Å². The Balaban J connectivity index is 1.90. The number of halogens is 2. The second-order valence-corrected chi connectivity index (χ2v) is 6.52. The third-order valence-electron chi connectivity index (χ3n) is 4.10. The summed E-state index contributed by atoms with van der Waals surface area (Å²) in [7, 11) is 0. The first-order valence-electron chi connectivity index (χ1n) is 8.05. The molecule has 0 atom stereocenters. The van der Waals surface area contributed by atoms with Crippen LogP contribution in [-0.2, 0) is 4.79 Å². The molecule has 23 heavy (non-hydrogen) atoms. The predicted octanol–water partition coefficient (Wildman–Crippen LogP) is 3.86. The molecule has 1 heterocycles. The smallest absolute Gasteiger partial charge is 0.255 e. The van der Waals surface area contributed by atoms with Crippen LogP contribution in [0.15, 0.2) is 18.2 Å². The largest absolute Gasteiger partial charge is 0.339 e. The van der Waals surface area contributed by atoms with Crippen molar-refractivity contribution < 1.29 is 9.59 Å². The fraction of sp³-hybridized carbons (Fsp3) is 0.529. The van der Waals surface area contributed by atoms with Gasteiger partial charge in [-0.25, -0.2) is 0 Å². The van der Waals surface area contributed by atoms with E-state index in [9.17, 15) is 9.59 Å². The minimum Gasteiger partial charge on any atom is -0.339 e. The number of carbonyl (C=O) groups is 2. The number of nitrogens with zero attached hydrogens (tertiary/aromatic N) is 2. The number of carbonyl (C=O) groups excluding carboxylic acids is 2. The maximum absolute atomic E-state index is 12.5. The number of unbranched alkanes of at least 4 members (excludes halogenated alkanes) is 2. The van der Waals surface area contributed by atoms with Crippen molar-refractivity contribution in [2.24, 2.45) is 0 Å². The lowest BCUT2D eigenvalue weighted by Crippen LogP contribution is -2.50. The normalized spacial score (nSPS) is 14.9. The molecule has 1 saturated heterocycles. The van der Waals surface area contributed by atoms with E-state index in [4.69, 9.17) is 23.2 Å². The van der Waals surface area contributed by atoms with E-state index < -0.39 is 0 Å².